The minimum atomic E-state index is -0.575. The molecule has 2 saturated heterocycles. The fraction of sp³-hybridized carbons (Fsp3) is 0.588. The summed E-state index contributed by atoms with van der Waals surface area (Å²) in [7, 11) is 0. The van der Waals surface area contributed by atoms with E-state index in [1.807, 2.05) is 0 Å². The van der Waals surface area contributed by atoms with E-state index >= 15 is 0 Å². The van der Waals surface area contributed by atoms with E-state index in [2.05, 4.69) is 15.2 Å². The van der Waals surface area contributed by atoms with Crippen molar-refractivity contribution in [2.24, 2.45) is 10.7 Å². The lowest BCUT2D eigenvalue weighted by molar-refractivity contribution is -0.0667. The Balaban J connectivity index is 1.70. The molecule has 1 aromatic carbocycles. The van der Waals surface area contributed by atoms with Crippen LogP contribution in [0.25, 0.3) is 0 Å². The van der Waals surface area contributed by atoms with E-state index in [1.165, 1.54) is 0 Å². The van der Waals surface area contributed by atoms with Crippen LogP contribution in [0.15, 0.2) is 23.2 Å². The summed E-state index contributed by atoms with van der Waals surface area (Å²) in [5.41, 5.74) is 5.76. The maximum Gasteiger partial charge on any atom is 0.193 e. The Bertz CT molecular complexity index is 615. The molecule has 0 aromatic heterocycles. The highest BCUT2D eigenvalue weighted by atomic mass is 19.1. The second kappa shape index (κ2) is 8.07. The van der Waals surface area contributed by atoms with E-state index in [1.54, 1.807) is 0 Å². The van der Waals surface area contributed by atoms with Crippen molar-refractivity contribution in [2.75, 3.05) is 51.4 Å². The fourth-order valence-corrected chi connectivity index (χ4v) is 3.37. The van der Waals surface area contributed by atoms with E-state index in [0.717, 1.165) is 44.1 Å². The standard InChI is InChI=1S/C17H24F2N4O2/c18-13-1-2-14(19)15(11-13)22-16(20)21-12-17(3-7-24-8-4-17)23-5-9-25-10-6-23/h1-2,11H,3-10,12H2,(H3,20,21,22). The Morgan fingerprint density at radius 2 is 1.84 bits per heavy atom. The number of guanidine groups is 1. The second-order valence-electron chi connectivity index (χ2n) is 6.39. The molecular weight excluding hydrogens is 330 g/mol. The number of morpholine rings is 1. The molecular formula is C17H24F2N4O2. The van der Waals surface area contributed by atoms with Crippen LogP contribution in [0.3, 0.4) is 0 Å². The lowest BCUT2D eigenvalue weighted by Crippen LogP contribution is -2.58. The number of benzene rings is 1. The summed E-state index contributed by atoms with van der Waals surface area (Å²) in [5.74, 6) is -1.04. The summed E-state index contributed by atoms with van der Waals surface area (Å²) in [4.78, 5) is 6.80. The van der Waals surface area contributed by atoms with E-state index in [4.69, 9.17) is 15.2 Å². The van der Waals surface area contributed by atoms with Gasteiger partial charge in [0.1, 0.15) is 11.6 Å². The number of anilines is 1. The smallest absolute Gasteiger partial charge is 0.193 e. The predicted octanol–water partition coefficient (Wildman–Crippen LogP) is 1.57. The van der Waals surface area contributed by atoms with Crippen LogP contribution in [-0.2, 0) is 9.47 Å². The summed E-state index contributed by atoms with van der Waals surface area (Å²) in [5, 5.41) is 2.65. The molecule has 0 bridgehead atoms. The third-order valence-electron chi connectivity index (χ3n) is 4.84. The molecule has 6 nitrogen and oxygen atoms in total. The van der Waals surface area contributed by atoms with Crippen LogP contribution < -0.4 is 11.1 Å². The average Bonchev–Trinajstić information content (AvgIpc) is 2.65. The van der Waals surface area contributed by atoms with Gasteiger partial charge in [-0.2, -0.15) is 0 Å². The molecule has 3 rings (SSSR count). The lowest BCUT2D eigenvalue weighted by Gasteiger charge is -2.47. The monoisotopic (exact) mass is 354 g/mol. The Labute approximate surface area is 146 Å². The minimum absolute atomic E-state index is 0.0198. The van der Waals surface area contributed by atoms with Gasteiger partial charge in [0.05, 0.1) is 25.4 Å². The van der Waals surface area contributed by atoms with Crippen LogP contribution in [-0.4, -0.2) is 62.5 Å². The molecule has 8 heteroatoms. The molecule has 25 heavy (non-hydrogen) atoms. The van der Waals surface area contributed by atoms with Gasteiger partial charge in [-0.1, -0.05) is 0 Å². The molecule has 1 aromatic rings. The molecule has 2 aliphatic heterocycles. The lowest BCUT2D eigenvalue weighted by atomic mass is 9.87. The molecule has 0 saturated carbocycles. The third kappa shape index (κ3) is 4.45. The minimum Gasteiger partial charge on any atom is -0.381 e. The summed E-state index contributed by atoms with van der Waals surface area (Å²) >= 11 is 0. The molecule has 0 aliphatic carbocycles. The normalized spacial score (nSPS) is 21.9. The zero-order valence-corrected chi connectivity index (χ0v) is 14.1. The number of nitrogens with zero attached hydrogens (tertiary/aromatic N) is 2. The third-order valence-corrected chi connectivity index (χ3v) is 4.84. The molecule has 2 fully saturated rings. The first-order valence-electron chi connectivity index (χ1n) is 8.52. The van der Waals surface area contributed by atoms with Crippen molar-refractivity contribution < 1.29 is 18.3 Å². The SMILES string of the molecule is NC(=NCC1(N2CCOCC2)CCOCC1)Nc1cc(F)ccc1F. The number of halogens is 2. The van der Waals surface area contributed by atoms with Gasteiger partial charge < -0.3 is 20.5 Å². The van der Waals surface area contributed by atoms with Crippen LogP contribution in [0.4, 0.5) is 14.5 Å². The van der Waals surface area contributed by atoms with Crippen molar-refractivity contribution >= 4 is 11.6 Å². The maximum atomic E-state index is 13.7. The molecule has 0 atom stereocenters. The van der Waals surface area contributed by atoms with E-state index in [0.29, 0.717) is 33.0 Å². The number of rotatable bonds is 4. The predicted molar refractivity (Wildman–Crippen MR) is 91.6 cm³/mol. The van der Waals surface area contributed by atoms with Gasteiger partial charge in [-0.3, -0.25) is 9.89 Å². The Hall–Kier alpha value is -1.77. The maximum absolute atomic E-state index is 13.7. The summed E-state index contributed by atoms with van der Waals surface area (Å²) in [6.45, 7) is 4.94. The van der Waals surface area contributed by atoms with Crippen LogP contribution >= 0.6 is 0 Å². The van der Waals surface area contributed by atoms with Crippen molar-refractivity contribution in [2.45, 2.75) is 18.4 Å². The highest BCUT2D eigenvalue weighted by molar-refractivity contribution is 5.92. The largest absolute Gasteiger partial charge is 0.381 e. The number of ether oxygens (including phenoxy) is 2. The van der Waals surface area contributed by atoms with Gasteiger partial charge in [-0.05, 0) is 25.0 Å². The average molecular weight is 354 g/mol. The van der Waals surface area contributed by atoms with Crippen molar-refractivity contribution in [3.8, 4) is 0 Å². The van der Waals surface area contributed by atoms with Crippen LogP contribution in [0.5, 0.6) is 0 Å². The van der Waals surface area contributed by atoms with Gasteiger partial charge in [0.25, 0.3) is 0 Å². The number of hydrogen-bond donors (Lipinski definition) is 2. The van der Waals surface area contributed by atoms with Crippen molar-refractivity contribution in [3.63, 3.8) is 0 Å². The molecule has 0 radical (unpaired) electrons. The van der Waals surface area contributed by atoms with Crippen molar-refractivity contribution in [1.29, 1.82) is 0 Å². The number of nitrogens with one attached hydrogen (secondary N) is 1. The Morgan fingerprint density at radius 3 is 2.56 bits per heavy atom. The highest BCUT2D eigenvalue weighted by Gasteiger charge is 2.39. The molecule has 2 heterocycles. The molecule has 3 N–H and O–H groups in total. The quantitative estimate of drug-likeness (QED) is 0.634. The number of nitrogens with two attached hydrogens (primary N) is 1. The highest BCUT2D eigenvalue weighted by Crippen LogP contribution is 2.29. The topological polar surface area (TPSA) is 72.1 Å². The first kappa shape index (κ1) is 18.0. The van der Waals surface area contributed by atoms with Crippen molar-refractivity contribution in [1.82, 2.24) is 4.90 Å². The molecule has 138 valence electrons. The first-order valence-corrected chi connectivity index (χ1v) is 8.52. The molecule has 0 amide bonds. The summed E-state index contributed by atoms with van der Waals surface area (Å²) < 4.78 is 37.9. The van der Waals surface area contributed by atoms with E-state index in [-0.39, 0.29) is 17.2 Å². The van der Waals surface area contributed by atoms with Crippen LogP contribution in [0, 0.1) is 11.6 Å². The van der Waals surface area contributed by atoms with Gasteiger partial charge in [-0.25, -0.2) is 8.78 Å². The van der Waals surface area contributed by atoms with Crippen LogP contribution in [0.1, 0.15) is 12.8 Å². The van der Waals surface area contributed by atoms with Crippen LogP contribution in [0.2, 0.25) is 0 Å². The fourth-order valence-electron chi connectivity index (χ4n) is 3.37. The summed E-state index contributed by atoms with van der Waals surface area (Å²) in [6.07, 6.45) is 1.72. The Kier molecular flexibility index (Phi) is 5.82. The van der Waals surface area contributed by atoms with E-state index in [9.17, 15) is 8.78 Å². The molecule has 2 aliphatic rings. The van der Waals surface area contributed by atoms with Gasteiger partial charge in [0, 0.05) is 37.9 Å². The zero-order chi connectivity index (χ0) is 17.7. The van der Waals surface area contributed by atoms with Gasteiger partial charge >= 0.3 is 0 Å². The zero-order valence-electron chi connectivity index (χ0n) is 14.1. The second-order valence-corrected chi connectivity index (χ2v) is 6.39. The molecule has 0 unspecified atom stereocenters. The van der Waals surface area contributed by atoms with Gasteiger partial charge in [0.15, 0.2) is 5.96 Å². The van der Waals surface area contributed by atoms with Gasteiger partial charge in [0.2, 0.25) is 0 Å². The molecule has 0 spiro atoms. The number of aliphatic imine (C=N–C) groups is 1. The van der Waals surface area contributed by atoms with E-state index < -0.39 is 11.6 Å². The first-order chi connectivity index (χ1) is 12.1. The van der Waals surface area contributed by atoms with Crippen molar-refractivity contribution in [3.05, 3.63) is 29.8 Å². The van der Waals surface area contributed by atoms with Gasteiger partial charge in [-0.15, -0.1) is 0 Å². The summed E-state index contributed by atoms with van der Waals surface area (Å²) in [6, 6.07) is 3.17. The Morgan fingerprint density at radius 1 is 1.16 bits per heavy atom. The number of hydrogen-bond acceptors (Lipinski definition) is 4.